The summed E-state index contributed by atoms with van der Waals surface area (Å²) in [4.78, 5) is 11.0. The lowest BCUT2D eigenvalue weighted by Crippen LogP contribution is -2.01. The molecule has 3 nitrogen and oxygen atoms in total. The lowest BCUT2D eigenvalue weighted by molar-refractivity contribution is 0.101. The minimum Gasteiger partial charge on any atom is -0.398 e. The standard InChI is InChI=1S/C9H7ClN2O/c1-5(13)9-7(10)2-6(4-11)3-8(9)12/h2-3H,12H2,1H3. The normalized spacial score (nSPS) is 9.31. The highest BCUT2D eigenvalue weighted by atomic mass is 35.5. The van der Waals surface area contributed by atoms with Gasteiger partial charge in [-0.2, -0.15) is 5.26 Å². The molecule has 0 unspecified atom stereocenters. The zero-order valence-corrected chi connectivity index (χ0v) is 7.72. The number of benzene rings is 1. The minimum atomic E-state index is -0.202. The number of ketones is 1. The number of hydrogen-bond donors (Lipinski definition) is 1. The predicted octanol–water partition coefficient (Wildman–Crippen LogP) is 2.00. The highest BCUT2D eigenvalue weighted by Gasteiger charge is 2.10. The first-order valence-electron chi connectivity index (χ1n) is 3.56. The van der Waals surface area contributed by atoms with Crippen molar-refractivity contribution in [2.75, 3.05) is 5.73 Å². The molecule has 4 heteroatoms. The van der Waals surface area contributed by atoms with Crippen molar-refractivity contribution in [1.29, 1.82) is 5.26 Å². The van der Waals surface area contributed by atoms with Gasteiger partial charge in [0.25, 0.3) is 0 Å². The molecule has 0 aliphatic heterocycles. The summed E-state index contributed by atoms with van der Waals surface area (Å²) in [5.41, 5.74) is 6.42. The molecule has 0 heterocycles. The second kappa shape index (κ2) is 3.46. The van der Waals surface area contributed by atoms with Crippen molar-refractivity contribution in [3.05, 3.63) is 28.3 Å². The molecule has 0 spiro atoms. The Labute approximate surface area is 80.7 Å². The molecule has 1 aromatic carbocycles. The topological polar surface area (TPSA) is 66.9 Å². The molecule has 0 radical (unpaired) electrons. The molecule has 0 aliphatic carbocycles. The van der Waals surface area contributed by atoms with Gasteiger partial charge < -0.3 is 5.73 Å². The average Bonchev–Trinajstić information content (AvgIpc) is 2.02. The molecule has 0 fully saturated rings. The zero-order valence-electron chi connectivity index (χ0n) is 6.97. The first kappa shape index (κ1) is 9.56. The lowest BCUT2D eigenvalue weighted by atomic mass is 10.1. The summed E-state index contributed by atoms with van der Waals surface area (Å²) in [5, 5.41) is 8.79. The summed E-state index contributed by atoms with van der Waals surface area (Å²) in [5.74, 6) is -0.202. The molecule has 1 rings (SSSR count). The van der Waals surface area contributed by atoms with Gasteiger partial charge in [-0.25, -0.2) is 0 Å². The van der Waals surface area contributed by atoms with Crippen molar-refractivity contribution in [1.82, 2.24) is 0 Å². The zero-order chi connectivity index (χ0) is 10.0. The highest BCUT2D eigenvalue weighted by molar-refractivity contribution is 6.34. The maximum Gasteiger partial charge on any atom is 0.163 e. The van der Waals surface area contributed by atoms with E-state index in [1.165, 1.54) is 19.1 Å². The number of nitrogens with zero attached hydrogens (tertiary/aromatic N) is 1. The van der Waals surface area contributed by atoms with E-state index in [0.717, 1.165) is 0 Å². The lowest BCUT2D eigenvalue weighted by Gasteiger charge is -2.04. The number of rotatable bonds is 1. The quantitative estimate of drug-likeness (QED) is 0.549. The van der Waals surface area contributed by atoms with Gasteiger partial charge in [-0.15, -0.1) is 0 Å². The van der Waals surface area contributed by atoms with Crippen molar-refractivity contribution in [3.63, 3.8) is 0 Å². The van der Waals surface area contributed by atoms with Crippen LogP contribution in [0.3, 0.4) is 0 Å². The molecule has 0 saturated heterocycles. The third-order valence-electron chi connectivity index (χ3n) is 1.60. The Hall–Kier alpha value is -1.53. The predicted molar refractivity (Wildman–Crippen MR) is 50.6 cm³/mol. The van der Waals surface area contributed by atoms with Crippen LogP contribution in [0.25, 0.3) is 0 Å². The molecule has 13 heavy (non-hydrogen) atoms. The number of carbonyl (C=O) groups excluding carboxylic acids is 1. The number of carbonyl (C=O) groups is 1. The third-order valence-corrected chi connectivity index (χ3v) is 1.90. The molecule has 66 valence electrons. The smallest absolute Gasteiger partial charge is 0.163 e. The Morgan fingerprint density at radius 3 is 2.62 bits per heavy atom. The first-order chi connectivity index (χ1) is 6.06. The SMILES string of the molecule is CC(=O)c1c(N)cc(C#N)cc1Cl. The number of halogens is 1. The van der Waals surface area contributed by atoms with Crippen molar-refractivity contribution < 1.29 is 4.79 Å². The van der Waals surface area contributed by atoms with Crippen LogP contribution in [-0.4, -0.2) is 5.78 Å². The molecule has 0 amide bonds. The van der Waals surface area contributed by atoms with E-state index >= 15 is 0 Å². The minimum absolute atomic E-state index is 0.202. The van der Waals surface area contributed by atoms with Crippen LogP contribution >= 0.6 is 11.6 Å². The Morgan fingerprint density at radius 2 is 2.23 bits per heavy atom. The Bertz CT molecular complexity index is 384. The van der Waals surface area contributed by atoms with Gasteiger partial charge in [0.15, 0.2) is 5.78 Å². The fourth-order valence-electron chi connectivity index (χ4n) is 1.06. The summed E-state index contributed by atoms with van der Waals surface area (Å²) in [7, 11) is 0. The second-order valence-electron chi connectivity index (χ2n) is 2.59. The van der Waals surface area contributed by atoms with Gasteiger partial charge in [0, 0.05) is 5.69 Å². The van der Waals surface area contributed by atoms with E-state index in [1.807, 2.05) is 6.07 Å². The molecule has 0 aliphatic rings. The molecule has 0 saturated carbocycles. The summed E-state index contributed by atoms with van der Waals surface area (Å²) in [6, 6.07) is 4.76. The van der Waals surface area contributed by atoms with Crippen LogP contribution in [0.1, 0.15) is 22.8 Å². The van der Waals surface area contributed by atoms with E-state index in [0.29, 0.717) is 5.56 Å². The molecular weight excluding hydrogens is 188 g/mol. The van der Waals surface area contributed by atoms with E-state index in [4.69, 9.17) is 22.6 Å². The highest BCUT2D eigenvalue weighted by Crippen LogP contribution is 2.24. The summed E-state index contributed by atoms with van der Waals surface area (Å²) >= 11 is 5.76. The number of hydrogen-bond acceptors (Lipinski definition) is 3. The van der Waals surface area contributed by atoms with Gasteiger partial charge in [0.1, 0.15) is 0 Å². The molecule has 0 atom stereocenters. The van der Waals surface area contributed by atoms with E-state index in [9.17, 15) is 4.79 Å². The Kier molecular flexibility index (Phi) is 2.54. The van der Waals surface area contributed by atoms with Crippen LogP contribution in [0.15, 0.2) is 12.1 Å². The van der Waals surface area contributed by atoms with E-state index in [-0.39, 0.29) is 22.1 Å². The monoisotopic (exact) mass is 194 g/mol. The van der Waals surface area contributed by atoms with Gasteiger partial charge in [-0.1, -0.05) is 11.6 Å². The van der Waals surface area contributed by atoms with Gasteiger partial charge >= 0.3 is 0 Å². The molecule has 0 aromatic heterocycles. The molecule has 0 bridgehead atoms. The van der Waals surface area contributed by atoms with Crippen LogP contribution < -0.4 is 5.73 Å². The van der Waals surface area contributed by atoms with Crippen molar-refractivity contribution in [2.45, 2.75) is 6.92 Å². The first-order valence-corrected chi connectivity index (χ1v) is 3.94. The molecular formula is C9H7ClN2O. The molecule has 2 N–H and O–H groups in total. The maximum atomic E-state index is 11.0. The summed E-state index contributed by atoms with van der Waals surface area (Å²) in [6.07, 6.45) is 0. The number of nitrogens with two attached hydrogens (primary N) is 1. The Balaban J connectivity index is 3.42. The van der Waals surface area contributed by atoms with Gasteiger partial charge in [-0.05, 0) is 19.1 Å². The van der Waals surface area contributed by atoms with Gasteiger partial charge in [0.2, 0.25) is 0 Å². The van der Waals surface area contributed by atoms with Crippen LogP contribution in [0.4, 0.5) is 5.69 Å². The van der Waals surface area contributed by atoms with Crippen molar-refractivity contribution >= 4 is 23.1 Å². The molecule has 1 aromatic rings. The Morgan fingerprint density at radius 1 is 1.62 bits per heavy atom. The van der Waals surface area contributed by atoms with E-state index in [2.05, 4.69) is 0 Å². The summed E-state index contributed by atoms with van der Waals surface area (Å²) < 4.78 is 0. The number of nitrogen functional groups attached to an aromatic ring is 1. The van der Waals surface area contributed by atoms with Gasteiger partial charge in [-0.3, -0.25) is 4.79 Å². The number of anilines is 1. The maximum absolute atomic E-state index is 11.0. The van der Waals surface area contributed by atoms with Gasteiger partial charge in [0.05, 0.1) is 22.2 Å². The largest absolute Gasteiger partial charge is 0.398 e. The van der Waals surface area contributed by atoms with Crippen LogP contribution in [-0.2, 0) is 0 Å². The van der Waals surface area contributed by atoms with E-state index < -0.39 is 0 Å². The number of nitriles is 1. The van der Waals surface area contributed by atoms with Crippen LogP contribution in [0.5, 0.6) is 0 Å². The van der Waals surface area contributed by atoms with Crippen LogP contribution in [0.2, 0.25) is 5.02 Å². The van der Waals surface area contributed by atoms with Crippen LogP contribution in [0, 0.1) is 11.3 Å². The second-order valence-corrected chi connectivity index (χ2v) is 3.00. The fourth-order valence-corrected chi connectivity index (χ4v) is 1.42. The fraction of sp³-hybridized carbons (Fsp3) is 0.111. The number of Topliss-reactive ketones (excluding diaryl/α,β-unsaturated/α-hetero) is 1. The average molecular weight is 195 g/mol. The van der Waals surface area contributed by atoms with Crippen molar-refractivity contribution in [2.24, 2.45) is 0 Å². The van der Waals surface area contributed by atoms with E-state index in [1.54, 1.807) is 0 Å². The third kappa shape index (κ3) is 1.79. The van der Waals surface area contributed by atoms with Crippen molar-refractivity contribution in [3.8, 4) is 6.07 Å². The summed E-state index contributed by atoms with van der Waals surface area (Å²) in [6.45, 7) is 1.38.